The van der Waals surface area contributed by atoms with Crippen LogP contribution in [0.2, 0.25) is 0 Å². The molecule has 2 amide bonds. The van der Waals surface area contributed by atoms with Gasteiger partial charge >= 0.3 is 0 Å². The Balaban J connectivity index is 1.33. The normalized spacial score (nSPS) is 26.5. The number of carbonyl (C=O) groups excluding carboxylic acids is 2. The molecule has 5 rings (SSSR count). The summed E-state index contributed by atoms with van der Waals surface area (Å²) < 4.78 is 0. The molecule has 148 valence electrons. The summed E-state index contributed by atoms with van der Waals surface area (Å²) in [6, 6.07) is 8.23. The highest BCUT2D eigenvalue weighted by Gasteiger charge is 2.50. The number of hydrogen-bond donors (Lipinski definition) is 1. The number of fused-ring (bicyclic) bond motifs is 1. The second-order valence-electron chi connectivity index (χ2n) is 8.93. The predicted molar refractivity (Wildman–Crippen MR) is 109 cm³/mol. The maximum atomic E-state index is 13.5. The van der Waals surface area contributed by atoms with Crippen molar-refractivity contribution in [1.29, 1.82) is 0 Å². The number of aromatic nitrogens is 1. The molecule has 1 aromatic heterocycles. The van der Waals surface area contributed by atoms with Gasteiger partial charge in [0.2, 0.25) is 5.91 Å². The summed E-state index contributed by atoms with van der Waals surface area (Å²) in [6.45, 7) is 2.18. The minimum absolute atomic E-state index is 0.0579. The van der Waals surface area contributed by atoms with E-state index in [-0.39, 0.29) is 11.3 Å². The van der Waals surface area contributed by atoms with Crippen LogP contribution in [0, 0.1) is 5.41 Å². The van der Waals surface area contributed by atoms with Crippen LogP contribution >= 0.6 is 0 Å². The number of hydrogen-bond acceptors (Lipinski definition) is 2. The lowest BCUT2D eigenvalue weighted by Crippen LogP contribution is -2.54. The number of benzene rings is 1. The van der Waals surface area contributed by atoms with E-state index in [9.17, 15) is 9.59 Å². The molecule has 3 fully saturated rings. The number of nitrogens with zero attached hydrogens (tertiary/aromatic N) is 2. The molecular formula is C23H29N3O2. The summed E-state index contributed by atoms with van der Waals surface area (Å²) >= 11 is 0. The summed E-state index contributed by atoms with van der Waals surface area (Å²) in [7, 11) is 0. The van der Waals surface area contributed by atoms with Gasteiger partial charge in [0.05, 0.1) is 5.41 Å². The molecule has 28 heavy (non-hydrogen) atoms. The first kappa shape index (κ1) is 17.8. The Morgan fingerprint density at radius 2 is 1.89 bits per heavy atom. The molecular weight excluding hydrogens is 350 g/mol. The largest absolute Gasteiger partial charge is 0.361 e. The average molecular weight is 380 g/mol. The summed E-state index contributed by atoms with van der Waals surface area (Å²) in [5.74, 6) is 0.379. The maximum absolute atomic E-state index is 13.5. The molecule has 1 atom stereocenters. The predicted octanol–water partition coefficient (Wildman–Crippen LogP) is 3.96. The van der Waals surface area contributed by atoms with Crippen LogP contribution in [-0.4, -0.2) is 52.3 Å². The van der Waals surface area contributed by atoms with Crippen LogP contribution in [0.3, 0.4) is 0 Å². The van der Waals surface area contributed by atoms with Crippen molar-refractivity contribution in [3.05, 3.63) is 36.0 Å². The summed E-state index contributed by atoms with van der Waals surface area (Å²) in [5, 5.41) is 1.05. The molecule has 2 saturated heterocycles. The first-order valence-corrected chi connectivity index (χ1v) is 10.8. The molecule has 1 aromatic carbocycles. The lowest BCUT2D eigenvalue weighted by molar-refractivity contribution is -0.149. The molecule has 3 aliphatic rings. The van der Waals surface area contributed by atoms with Gasteiger partial charge in [-0.3, -0.25) is 9.59 Å². The number of likely N-dealkylation sites (tertiary alicyclic amines) is 2. The summed E-state index contributed by atoms with van der Waals surface area (Å²) in [5.41, 5.74) is 1.42. The molecule has 3 heterocycles. The van der Waals surface area contributed by atoms with Crippen LogP contribution < -0.4 is 0 Å². The Bertz CT molecular complexity index is 898. The van der Waals surface area contributed by atoms with Gasteiger partial charge in [0, 0.05) is 48.3 Å². The SMILES string of the molecule is O=C(c1ccc2[nH]ccc2c1)N1CC[C@]2(CCCN(C3CCCCC3)C2=O)C1. The van der Waals surface area contributed by atoms with E-state index in [0.717, 1.165) is 55.1 Å². The summed E-state index contributed by atoms with van der Waals surface area (Å²) in [6.07, 6.45) is 10.8. The van der Waals surface area contributed by atoms with Gasteiger partial charge in [-0.2, -0.15) is 0 Å². The fourth-order valence-corrected chi connectivity index (χ4v) is 5.64. The Labute approximate surface area is 166 Å². The van der Waals surface area contributed by atoms with E-state index in [1.54, 1.807) is 0 Å². The topological polar surface area (TPSA) is 56.4 Å². The van der Waals surface area contributed by atoms with Crippen LogP contribution in [0.1, 0.15) is 61.7 Å². The Morgan fingerprint density at radius 1 is 1.04 bits per heavy atom. The molecule has 1 spiro atoms. The van der Waals surface area contributed by atoms with E-state index in [2.05, 4.69) is 9.88 Å². The number of amides is 2. The van der Waals surface area contributed by atoms with Crippen molar-refractivity contribution in [2.45, 2.75) is 57.4 Å². The molecule has 2 aliphatic heterocycles. The lowest BCUT2D eigenvalue weighted by atomic mass is 9.77. The minimum atomic E-state index is -0.344. The Kier molecular flexibility index (Phi) is 4.41. The first-order chi connectivity index (χ1) is 13.7. The summed E-state index contributed by atoms with van der Waals surface area (Å²) in [4.78, 5) is 33.9. The van der Waals surface area contributed by atoms with Crippen molar-refractivity contribution in [3.63, 3.8) is 0 Å². The Morgan fingerprint density at radius 3 is 2.75 bits per heavy atom. The third kappa shape index (κ3) is 2.92. The van der Waals surface area contributed by atoms with Crippen molar-refractivity contribution < 1.29 is 9.59 Å². The van der Waals surface area contributed by atoms with E-state index in [1.165, 1.54) is 19.3 Å². The van der Waals surface area contributed by atoms with Gasteiger partial charge < -0.3 is 14.8 Å². The van der Waals surface area contributed by atoms with E-state index in [0.29, 0.717) is 25.0 Å². The van der Waals surface area contributed by atoms with Crippen molar-refractivity contribution in [1.82, 2.24) is 14.8 Å². The molecule has 1 N–H and O–H groups in total. The molecule has 0 radical (unpaired) electrons. The second-order valence-corrected chi connectivity index (χ2v) is 8.93. The highest BCUT2D eigenvalue weighted by atomic mass is 16.2. The average Bonchev–Trinajstić information content (AvgIpc) is 3.37. The minimum Gasteiger partial charge on any atom is -0.361 e. The van der Waals surface area contributed by atoms with Crippen molar-refractivity contribution in [3.8, 4) is 0 Å². The van der Waals surface area contributed by atoms with E-state index >= 15 is 0 Å². The third-order valence-electron chi connectivity index (χ3n) is 7.23. The lowest BCUT2D eigenvalue weighted by Gasteiger charge is -2.44. The van der Waals surface area contributed by atoms with Crippen LogP contribution in [0.15, 0.2) is 30.5 Å². The number of H-pyrrole nitrogens is 1. The number of nitrogens with one attached hydrogen (secondary N) is 1. The maximum Gasteiger partial charge on any atom is 0.253 e. The number of piperidine rings is 1. The number of aromatic amines is 1. The zero-order valence-electron chi connectivity index (χ0n) is 16.5. The van der Waals surface area contributed by atoms with Crippen LogP contribution in [0.4, 0.5) is 0 Å². The van der Waals surface area contributed by atoms with Crippen LogP contribution in [0.5, 0.6) is 0 Å². The Hall–Kier alpha value is -2.30. The van der Waals surface area contributed by atoms with E-state index in [1.807, 2.05) is 35.4 Å². The van der Waals surface area contributed by atoms with E-state index in [4.69, 9.17) is 0 Å². The highest BCUT2D eigenvalue weighted by Crippen LogP contribution is 2.42. The van der Waals surface area contributed by atoms with Gasteiger partial charge in [0.25, 0.3) is 5.91 Å². The molecule has 0 unspecified atom stereocenters. The van der Waals surface area contributed by atoms with Gasteiger partial charge in [0.15, 0.2) is 0 Å². The van der Waals surface area contributed by atoms with Crippen molar-refractivity contribution in [2.24, 2.45) is 5.41 Å². The zero-order chi connectivity index (χ0) is 19.1. The van der Waals surface area contributed by atoms with E-state index < -0.39 is 0 Å². The molecule has 5 nitrogen and oxygen atoms in total. The first-order valence-electron chi connectivity index (χ1n) is 10.8. The highest BCUT2D eigenvalue weighted by molar-refractivity contribution is 5.99. The standard InChI is InChI=1S/C23H29N3O2/c27-21(18-7-8-20-17(15-18)9-12-24-20)25-14-11-23(16-25)10-4-13-26(22(23)28)19-5-2-1-3-6-19/h7-9,12,15,19,24H,1-6,10-11,13-14,16H2/t23-/m1/s1. The molecule has 2 aromatic rings. The smallest absolute Gasteiger partial charge is 0.253 e. The molecule has 1 aliphatic carbocycles. The van der Waals surface area contributed by atoms with Crippen molar-refractivity contribution in [2.75, 3.05) is 19.6 Å². The fraction of sp³-hybridized carbons (Fsp3) is 0.565. The van der Waals surface area contributed by atoms with Crippen LogP contribution in [-0.2, 0) is 4.79 Å². The number of carbonyl (C=O) groups is 2. The van der Waals surface area contributed by atoms with Crippen molar-refractivity contribution >= 4 is 22.7 Å². The molecule has 0 bridgehead atoms. The third-order valence-corrected chi connectivity index (χ3v) is 7.23. The number of rotatable bonds is 2. The zero-order valence-corrected chi connectivity index (χ0v) is 16.5. The van der Waals surface area contributed by atoms with Gasteiger partial charge in [-0.25, -0.2) is 0 Å². The molecule has 1 saturated carbocycles. The second kappa shape index (κ2) is 6.94. The van der Waals surface area contributed by atoms with Gasteiger partial charge in [0.1, 0.15) is 0 Å². The van der Waals surface area contributed by atoms with Crippen LogP contribution in [0.25, 0.3) is 10.9 Å². The van der Waals surface area contributed by atoms with Gasteiger partial charge in [-0.15, -0.1) is 0 Å². The molecule has 5 heteroatoms. The van der Waals surface area contributed by atoms with Gasteiger partial charge in [-0.05, 0) is 56.4 Å². The van der Waals surface area contributed by atoms with Gasteiger partial charge in [-0.1, -0.05) is 19.3 Å². The monoisotopic (exact) mass is 379 g/mol. The fourth-order valence-electron chi connectivity index (χ4n) is 5.64. The quantitative estimate of drug-likeness (QED) is 0.859.